The molecule has 0 spiro atoms. The predicted molar refractivity (Wildman–Crippen MR) is 135 cm³/mol. The number of carbonyl (C=O) groups is 4. The molecule has 3 rings (SSSR count). The number of fused-ring (bicyclic) bond motifs is 1. The molecule has 2 saturated heterocycles. The van der Waals surface area contributed by atoms with Crippen LogP contribution in [0.4, 0.5) is 9.59 Å². The third-order valence-electron chi connectivity index (χ3n) is 5.76. The molecule has 39 heavy (non-hydrogen) atoms. The molecular weight excluding hydrogens is 514 g/mol. The average molecular weight is 552 g/mol. The molecule has 5 atom stereocenters. The molecule has 0 aromatic heterocycles. The average Bonchev–Trinajstić information content (AvgIpc) is 3.31. The second-order valence-electron chi connectivity index (χ2n) is 10.7. The van der Waals surface area contributed by atoms with E-state index in [2.05, 4.69) is 16.0 Å². The van der Waals surface area contributed by atoms with Crippen molar-refractivity contribution in [2.75, 3.05) is 6.54 Å². The zero-order chi connectivity index (χ0) is 28.8. The molecule has 0 radical (unpaired) electrons. The van der Waals surface area contributed by atoms with Gasteiger partial charge in [0, 0.05) is 6.54 Å². The van der Waals surface area contributed by atoms with E-state index in [-0.39, 0.29) is 26.0 Å². The molecule has 13 nitrogen and oxygen atoms in total. The summed E-state index contributed by atoms with van der Waals surface area (Å²) in [6, 6.07) is 7.01. The maximum Gasteiger partial charge on any atom is 0.408 e. The summed E-state index contributed by atoms with van der Waals surface area (Å²) in [4.78, 5) is 49.5. The van der Waals surface area contributed by atoms with Crippen molar-refractivity contribution in [2.45, 2.75) is 96.0 Å². The number of rotatable bonds is 10. The lowest BCUT2D eigenvalue weighted by Gasteiger charge is -2.27. The molecule has 2 aliphatic heterocycles. The van der Waals surface area contributed by atoms with Gasteiger partial charge in [-0.2, -0.15) is 0 Å². The highest BCUT2D eigenvalue weighted by molar-refractivity contribution is 5.87. The lowest BCUT2D eigenvalue weighted by molar-refractivity contribution is -0.212. The number of aliphatic carboxylic acids is 1. The maximum absolute atomic E-state index is 13.3. The van der Waals surface area contributed by atoms with Crippen LogP contribution in [0.5, 0.6) is 0 Å². The Morgan fingerprint density at radius 1 is 1.08 bits per heavy atom. The number of amides is 3. The van der Waals surface area contributed by atoms with Crippen molar-refractivity contribution in [2.24, 2.45) is 0 Å². The van der Waals surface area contributed by atoms with Crippen molar-refractivity contribution >= 4 is 24.1 Å². The van der Waals surface area contributed by atoms with Crippen molar-refractivity contribution in [1.29, 1.82) is 0 Å². The van der Waals surface area contributed by atoms with Crippen molar-refractivity contribution in [3.63, 3.8) is 0 Å². The van der Waals surface area contributed by atoms with Crippen LogP contribution in [0, 0.1) is 0 Å². The number of carbonyl (C=O) groups excluding carboxylic acids is 3. The number of carboxylic acids is 1. The molecule has 2 aliphatic rings. The van der Waals surface area contributed by atoms with Gasteiger partial charge in [-0.3, -0.25) is 4.79 Å². The normalized spacial score (nSPS) is 24.2. The number of carboxylic acid groups (broad SMARTS) is 1. The zero-order valence-electron chi connectivity index (χ0n) is 22.7. The van der Waals surface area contributed by atoms with Crippen LogP contribution < -0.4 is 16.0 Å². The van der Waals surface area contributed by atoms with Crippen molar-refractivity contribution in [3.05, 3.63) is 35.9 Å². The zero-order valence-corrected chi connectivity index (χ0v) is 22.7. The first-order valence-corrected chi connectivity index (χ1v) is 12.7. The smallest absolute Gasteiger partial charge is 0.408 e. The van der Waals surface area contributed by atoms with Crippen LogP contribution in [0.3, 0.4) is 0 Å². The topological polar surface area (TPSA) is 171 Å². The molecule has 0 bridgehead atoms. The fraction of sp³-hybridized carbons (Fsp3) is 0.615. The first-order chi connectivity index (χ1) is 18.2. The Kier molecular flexibility index (Phi) is 9.75. The van der Waals surface area contributed by atoms with Crippen LogP contribution >= 0.6 is 0 Å². The third-order valence-corrected chi connectivity index (χ3v) is 5.76. The first kappa shape index (κ1) is 30.1. The molecule has 216 valence electrons. The molecule has 4 N–H and O–H groups in total. The summed E-state index contributed by atoms with van der Waals surface area (Å²) >= 11 is 0. The van der Waals surface area contributed by atoms with Gasteiger partial charge in [0.1, 0.15) is 24.4 Å². The second kappa shape index (κ2) is 12.6. The van der Waals surface area contributed by atoms with Gasteiger partial charge in [-0.25, -0.2) is 14.4 Å². The van der Waals surface area contributed by atoms with E-state index in [9.17, 15) is 24.3 Å². The van der Waals surface area contributed by atoms with Gasteiger partial charge in [0.05, 0.1) is 6.04 Å². The van der Waals surface area contributed by atoms with Crippen LogP contribution in [0.15, 0.2) is 30.3 Å². The van der Waals surface area contributed by atoms with Crippen molar-refractivity contribution in [1.82, 2.24) is 16.0 Å². The summed E-state index contributed by atoms with van der Waals surface area (Å²) in [7, 11) is 0. The summed E-state index contributed by atoms with van der Waals surface area (Å²) in [6.07, 6.45) is -4.32. The van der Waals surface area contributed by atoms with E-state index in [0.29, 0.717) is 0 Å². The Labute approximate surface area is 226 Å². The van der Waals surface area contributed by atoms with E-state index >= 15 is 0 Å². The van der Waals surface area contributed by atoms with E-state index in [0.717, 1.165) is 5.56 Å². The van der Waals surface area contributed by atoms with Gasteiger partial charge in [-0.1, -0.05) is 30.3 Å². The van der Waals surface area contributed by atoms with E-state index in [1.54, 1.807) is 34.6 Å². The molecule has 1 aromatic rings. The molecule has 0 aliphatic carbocycles. The Balaban J connectivity index is 1.58. The molecule has 3 amide bonds. The minimum absolute atomic E-state index is 0.103. The summed E-state index contributed by atoms with van der Waals surface area (Å²) in [6.45, 7) is 8.60. The molecule has 0 saturated carbocycles. The third kappa shape index (κ3) is 9.08. The number of benzene rings is 1. The number of alkyl carbamates (subject to hydrolysis) is 2. The number of ether oxygens (including phenoxy) is 5. The number of hydrogen-bond donors (Lipinski definition) is 4. The van der Waals surface area contributed by atoms with Gasteiger partial charge in [-0.05, 0) is 53.0 Å². The highest BCUT2D eigenvalue weighted by atomic mass is 16.8. The van der Waals surface area contributed by atoms with Gasteiger partial charge in [0.25, 0.3) is 0 Å². The Hall–Kier alpha value is -3.42. The molecular formula is C26H37N3O10. The van der Waals surface area contributed by atoms with Crippen LogP contribution in [0.25, 0.3) is 0 Å². The minimum atomic E-state index is -1.41. The van der Waals surface area contributed by atoms with Gasteiger partial charge in [0.15, 0.2) is 18.2 Å². The van der Waals surface area contributed by atoms with Crippen LogP contribution in [-0.4, -0.2) is 77.7 Å². The Morgan fingerprint density at radius 2 is 1.77 bits per heavy atom. The van der Waals surface area contributed by atoms with E-state index < -0.39 is 66.0 Å². The maximum atomic E-state index is 13.3. The molecule has 13 heteroatoms. The van der Waals surface area contributed by atoms with Crippen LogP contribution in [0.2, 0.25) is 0 Å². The molecule has 2 heterocycles. The fourth-order valence-corrected chi connectivity index (χ4v) is 4.13. The van der Waals surface area contributed by atoms with Crippen LogP contribution in [-0.2, 0) is 39.9 Å². The fourth-order valence-electron chi connectivity index (χ4n) is 4.13. The monoisotopic (exact) mass is 551 g/mol. The molecule has 2 fully saturated rings. The standard InChI is InChI=1S/C26H37N3O10/c1-25(2,3)39-24(34)28-16(12-9-13-27-23(33)35-14-15-10-7-6-8-11-15)20(30)29-17-18(21(31)32)36-22-19(17)37-26(4,5)38-22/h6-8,10-11,16-19,22H,9,12-14H2,1-5H3,(H,27,33)(H,28,34)(H,29,30)(H,31,32)/t16-,17-,18-,19+,22+/m0/s1. The highest BCUT2D eigenvalue weighted by Crippen LogP contribution is 2.37. The molecule has 1 aromatic carbocycles. The van der Waals surface area contributed by atoms with Gasteiger partial charge in [0.2, 0.25) is 5.91 Å². The van der Waals surface area contributed by atoms with Crippen molar-refractivity contribution < 1.29 is 48.0 Å². The van der Waals surface area contributed by atoms with E-state index in [4.69, 9.17) is 23.7 Å². The summed E-state index contributed by atoms with van der Waals surface area (Å²) in [5.74, 6) is -2.99. The summed E-state index contributed by atoms with van der Waals surface area (Å²) < 4.78 is 27.3. The van der Waals surface area contributed by atoms with E-state index in [1.807, 2.05) is 30.3 Å². The Morgan fingerprint density at radius 3 is 2.41 bits per heavy atom. The van der Waals surface area contributed by atoms with Gasteiger partial charge in [-0.15, -0.1) is 0 Å². The van der Waals surface area contributed by atoms with Gasteiger partial charge >= 0.3 is 18.2 Å². The Bertz CT molecular complexity index is 1030. The van der Waals surface area contributed by atoms with Crippen LogP contribution in [0.1, 0.15) is 53.0 Å². The highest BCUT2D eigenvalue weighted by Gasteiger charge is 2.57. The summed E-state index contributed by atoms with van der Waals surface area (Å²) in [5.41, 5.74) is 0.0280. The number of nitrogens with one attached hydrogen (secondary N) is 3. The van der Waals surface area contributed by atoms with Gasteiger partial charge < -0.3 is 44.7 Å². The quantitative estimate of drug-likeness (QED) is 0.315. The number of hydrogen-bond acceptors (Lipinski definition) is 9. The largest absolute Gasteiger partial charge is 0.479 e. The second-order valence-corrected chi connectivity index (χ2v) is 10.7. The first-order valence-electron chi connectivity index (χ1n) is 12.7. The lowest BCUT2D eigenvalue weighted by atomic mass is 10.1. The minimum Gasteiger partial charge on any atom is -0.479 e. The van der Waals surface area contributed by atoms with Crippen molar-refractivity contribution in [3.8, 4) is 0 Å². The SMILES string of the molecule is CC(C)(C)OC(=O)N[C@@H](CCCNC(=O)OCc1ccccc1)C(=O)N[C@@H]1[C@H]2OC(C)(C)O[C@H]2O[C@@H]1C(=O)O. The summed E-state index contributed by atoms with van der Waals surface area (Å²) in [5, 5.41) is 17.4. The lowest BCUT2D eigenvalue weighted by Crippen LogP contribution is -2.56. The van der Waals surface area contributed by atoms with E-state index in [1.165, 1.54) is 0 Å². The predicted octanol–water partition coefficient (Wildman–Crippen LogP) is 2.03. The molecule has 0 unspecified atom stereocenters.